The van der Waals surface area contributed by atoms with Crippen LogP contribution in [0.2, 0.25) is 15.1 Å². The van der Waals surface area contributed by atoms with Crippen LogP contribution in [-0.2, 0) is 0 Å². The van der Waals surface area contributed by atoms with Gasteiger partial charge in [-0.15, -0.1) is 0 Å². The molecule has 0 N–H and O–H groups in total. The zero-order chi connectivity index (χ0) is 14.3. The van der Waals surface area contributed by atoms with E-state index in [9.17, 15) is 5.26 Å². The molecule has 3 aromatic rings. The second kappa shape index (κ2) is 4.99. The average molecular weight is 323 g/mol. The van der Waals surface area contributed by atoms with E-state index in [1.807, 2.05) is 0 Å². The summed E-state index contributed by atoms with van der Waals surface area (Å²) in [5, 5.41) is 10.9. The van der Waals surface area contributed by atoms with E-state index < -0.39 is 0 Å². The lowest BCUT2D eigenvalue weighted by atomic mass is 10.1. The van der Waals surface area contributed by atoms with Crippen molar-refractivity contribution in [3.05, 3.63) is 57.3 Å². The molecule has 0 atom stereocenters. The number of benzene rings is 1. The summed E-state index contributed by atoms with van der Waals surface area (Å²) in [6.45, 7) is 0. The molecule has 0 spiro atoms. The highest BCUT2D eigenvalue weighted by atomic mass is 35.5. The molecule has 6 heteroatoms. The summed E-state index contributed by atoms with van der Waals surface area (Å²) in [5.74, 6) is 0. The lowest BCUT2D eigenvalue weighted by Crippen LogP contribution is -1.89. The lowest BCUT2D eigenvalue weighted by Gasteiger charge is -2.01. The van der Waals surface area contributed by atoms with Crippen LogP contribution in [0.1, 0.15) is 5.69 Å². The highest BCUT2D eigenvalue weighted by Gasteiger charge is 2.16. The number of hydrogen-bond donors (Lipinski definition) is 0. The second-order valence-electron chi connectivity index (χ2n) is 4.12. The van der Waals surface area contributed by atoms with E-state index >= 15 is 0 Å². The first-order valence-electron chi connectivity index (χ1n) is 5.63. The van der Waals surface area contributed by atoms with Crippen molar-refractivity contribution < 1.29 is 0 Å². The second-order valence-corrected chi connectivity index (χ2v) is 5.40. The van der Waals surface area contributed by atoms with Crippen molar-refractivity contribution in [2.75, 3.05) is 0 Å². The van der Waals surface area contributed by atoms with E-state index in [0.29, 0.717) is 37.7 Å². The summed E-state index contributed by atoms with van der Waals surface area (Å²) < 4.78 is 1.64. The maximum Gasteiger partial charge on any atom is 0.152 e. The molecule has 0 aliphatic heterocycles. The molecular weight excluding hydrogens is 317 g/mol. The van der Waals surface area contributed by atoms with Crippen molar-refractivity contribution >= 4 is 40.4 Å². The molecule has 0 fully saturated rings. The third kappa shape index (κ3) is 2.12. The van der Waals surface area contributed by atoms with Crippen LogP contribution in [0.15, 0.2) is 36.5 Å². The molecule has 0 saturated heterocycles. The van der Waals surface area contributed by atoms with Gasteiger partial charge in [-0.25, -0.2) is 4.98 Å². The number of rotatable bonds is 1. The van der Waals surface area contributed by atoms with Gasteiger partial charge in [0.1, 0.15) is 17.4 Å². The quantitative estimate of drug-likeness (QED) is 0.643. The van der Waals surface area contributed by atoms with Gasteiger partial charge in [0, 0.05) is 16.8 Å². The van der Waals surface area contributed by atoms with Gasteiger partial charge in [-0.1, -0.05) is 34.8 Å². The van der Waals surface area contributed by atoms with Gasteiger partial charge in [0.2, 0.25) is 0 Å². The Morgan fingerprint density at radius 1 is 1.05 bits per heavy atom. The highest BCUT2D eigenvalue weighted by molar-refractivity contribution is 6.36. The van der Waals surface area contributed by atoms with Gasteiger partial charge in [-0.05, 0) is 30.3 Å². The molecule has 0 bridgehead atoms. The summed E-state index contributed by atoms with van der Waals surface area (Å²) in [7, 11) is 0. The Balaban J connectivity index is 2.34. The van der Waals surface area contributed by atoms with Gasteiger partial charge < -0.3 is 0 Å². The minimum atomic E-state index is 0.381. The standard InChI is InChI=1S/C14H6Cl3N3/c15-8-1-3-10(11(17)5-8)14-12(6-18)20-7-9(16)2-4-13(20)19-14/h1-5,7H. The van der Waals surface area contributed by atoms with Crippen molar-refractivity contribution in [2.45, 2.75) is 0 Å². The SMILES string of the molecule is N#Cc1c(-c2ccc(Cl)cc2Cl)nc2ccc(Cl)cn12. The third-order valence-electron chi connectivity index (χ3n) is 2.87. The number of nitrogens with zero attached hydrogens (tertiary/aromatic N) is 3. The summed E-state index contributed by atoms with van der Waals surface area (Å²) in [4.78, 5) is 4.44. The predicted molar refractivity (Wildman–Crippen MR) is 80.4 cm³/mol. The Kier molecular flexibility index (Phi) is 3.31. The molecule has 3 nitrogen and oxygen atoms in total. The zero-order valence-corrected chi connectivity index (χ0v) is 12.2. The van der Waals surface area contributed by atoms with Crippen LogP contribution in [0, 0.1) is 11.3 Å². The molecule has 1 aromatic carbocycles. The largest absolute Gasteiger partial charge is 0.289 e. The minimum Gasteiger partial charge on any atom is -0.289 e. The van der Waals surface area contributed by atoms with Crippen LogP contribution in [0.25, 0.3) is 16.9 Å². The summed E-state index contributed by atoms with van der Waals surface area (Å²) in [6, 6.07) is 10.7. The van der Waals surface area contributed by atoms with Gasteiger partial charge in [0.25, 0.3) is 0 Å². The van der Waals surface area contributed by atoms with Gasteiger partial charge in [-0.2, -0.15) is 5.26 Å². The molecule has 0 saturated carbocycles. The molecule has 0 aliphatic rings. The van der Waals surface area contributed by atoms with Crippen LogP contribution in [0.3, 0.4) is 0 Å². The van der Waals surface area contributed by atoms with Crippen LogP contribution in [0.5, 0.6) is 0 Å². The van der Waals surface area contributed by atoms with E-state index in [-0.39, 0.29) is 0 Å². The fourth-order valence-corrected chi connectivity index (χ4v) is 2.65. The topological polar surface area (TPSA) is 41.1 Å². The first-order valence-corrected chi connectivity index (χ1v) is 6.76. The Bertz CT molecular complexity index is 862. The van der Waals surface area contributed by atoms with Crippen LogP contribution in [-0.4, -0.2) is 9.38 Å². The lowest BCUT2D eigenvalue weighted by molar-refractivity contribution is 1.15. The average Bonchev–Trinajstić information content (AvgIpc) is 2.76. The van der Waals surface area contributed by atoms with Crippen molar-refractivity contribution in [3.63, 3.8) is 0 Å². The minimum absolute atomic E-state index is 0.381. The zero-order valence-electron chi connectivity index (χ0n) is 9.94. The first-order chi connectivity index (χ1) is 9.60. The predicted octanol–water partition coefficient (Wildman–Crippen LogP) is 4.83. The summed E-state index contributed by atoms with van der Waals surface area (Å²) in [6.07, 6.45) is 1.65. The van der Waals surface area contributed by atoms with Crippen molar-refractivity contribution in [1.29, 1.82) is 5.26 Å². The van der Waals surface area contributed by atoms with Gasteiger partial charge in [0.05, 0.1) is 10.0 Å². The molecule has 2 aromatic heterocycles. The van der Waals surface area contributed by atoms with Gasteiger partial charge >= 0.3 is 0 Å². The number of pyridine rings is 1. The Morgan fingerprint density at radius 3 is 2.50 bits per heavy atom. The van der Waals surface area contributed by atoms with Crippen molar-refractivity contribution in [1.82, 2.24) is 9.38 Å². The number of imidazole rings is 1. The van der Waals surface area contributed by atoms with E-state index in [1.54, 1.807) is 40.9 Å². The van der Waals surface area contributed by atoms with E-state index in [4.69, 9.17) is 34.8 Å². The van der Waals surface area contributed by atoms with Gasteiger partial charge in [-0.3, -0.25) is 4.40 Å². The van der Waals surface area contributed by atoms with Crippen LogP contribution < -0.4 is 0 Å². The third-order valence-corrected chi connectivity index (χ3v) is 3.65. The summed E-state index contributed by atoms with van der Waals surface area (Å²) in [5.41, 5.74) is 2.18. The Labute approximate surface area is 129 Å². The monoisotopic (exact) mass is 321 g/mol. The van der Waals surface area contributed by atoms with E-state index in [0.717, 1.165) is 0 Å². The van der Waals surface area contributed by atoms with Crippen LogP contribution >= 0.6 is 34.8 Å². The van der Waals surface area contributed by atoms with E-state index in [1.165, 1.54) is 0 Å². The first kappa shape index (κ1) is 13.3. The molecular formula is C14H6Cl3N3. The Morgan fingerprint density at radius 2 is 1.80 bits per heavy atom. The molecule has 2 heterocycles. The molecule has 0 unspecified atom stereocenters. The molecule has 0 aliphatic carbocycles. The van der Waals surface area contributed by atoms with Crippen molar-refractivity contribution in [3.8, 4) is 17.3 Å². The van der Waals surface area contributed by atoms with Gasteiger partial charge in [0.15, 0.2) is 5.69 Å². The van der Waals surface area contributed by atoms with Crippen molar-refractivity contribution in [2.24, 2.45) is 0 Å². The Hall–Kier alpha value is -1.73. The smallest absolute Gasteiger partial charge is 0.152 e. The van der Waals surface area contributed by atoms with E-state index in [2.05, 4.69) is 11.1 Å². The molecule has 0 radical (unpaired) electrons. The number of aromatic nitrogens is 2. The van der Waals surface area contributed by atoms with Crippen LogP contribution in [0.4, 0.5) is 0 Å². The molecule has 0 amide bonds. The number of fused-ring (bicyclic) bond motifs is 1. The fraction of sp³-hybridized carbons (Fsp3) is 0. The molecule has 20 heavy (non-hydrogen) atoms. The number of hydrogen-bond acceptors (Lipinski definition) is 2. The number of nitriles is 1. The highest BCUT2D eigenvalue weighted by Crippen LogP contribution is 2.32. The molecule has 3 rings (SSSR count). The maximum atomic E-state index is 9.38. The number of halogens is 3. The fourth-order valence-electron chi connectivity index (χ4n) is 1.99. The molecule has 98 valence electrons. The maximum absolute atomic E-state index is 9.38. The normalized spacial score (nSPS) is 10.7. The summed E-state index contributed by atoms with van der Waals surface area (Å²) >= 11 is 18.0.